The highest BCUT2D eigenvalue weighted by molar-refractivity contribution is 5.82. The fraction of sp³-hybridized carbons (Fsp3) is 0.500. The van der Waals surface area contributed by atoms with E-state index in [4.69, 9.17) is 4.74 Å². The summed E-state index contributed by atoms with van der Waals surface area (Å²) in [6, 6.07) is 3.84. The molecule has 0 bridgehead atoms. The molecule has 0 spiro atoms. The minimum Gasteiger partial charge on any atom is -0.507 e. The van der Waals surface area contributed by atoms with E-state index in [1.165, 1.54) is 11.1 Å². The van der Waals surface area contributed by atoms with Crippen LogP contribution in [0, 0.1) is 6.92 Å². The number of phenolic OH excluding ortho intramolecular Hbond substituents is 1. The number of likely N-dealkylation sites (N-methyl/N-ethyl adjacent to an activating group) is 1. The van der Waals surface area contributed by atoms with E-state index in [1.807, 2.05) is 19.1 Å². The first-order chi connectivity index (χ1) is 8.88. The van der Waals surface area contributed by atoms with Gasteiger partial charge in [-0.2, -0.15) is 0 Å². The van der Waals surface area contributed by atoms with E-state index in [9.17, 15) is 5.11 Å². The van der Waals surface area contributed by atoms with E-state index in [0.29, 0.717) is 5.75 Å². The maximum Gasteiger partial charge on any atom is 0.132 e. The second kappa shape index (κ2) is 4.01. The summed E-state index contributed by atoms with van der Waals surface area (Å²) in [6.07, 6.45) is 1.01. The molecule has 2 heterocycles. The lowest BCUT2D eigenvalue weighted by Crippen LogP contribution is -2.41. The zero-order valence-corrected chi connectivity index (χ0v) is 12.1. The van der Waals surface area contributed by atoms with E-state index in [-0.39, 0.29) is 5.60 Å². The van der Waals surface area contributed by atoms with Crippen molar-refractivity contribution in [3.05, 3.63) is 28.8 Å². The fourth-order valence-electron chi connectivity index (χ4n) is 3.25. The van der Waals surface area contributed by atoms with Crippen LogP contribution >= 0.6 is 0 Å². The molecule has 3 rings (SSSR count). The molecular weight excluding hydrogens is 238 g/mol. The Hall–Kier alpha value is -1.48. The van der Waals surface area contributed by atoms with Gasteiger partial charge in [0.2, 0.25) is 0 Å². The first-order valence-corrected chi connectivity index (χ1v) is 6.82. The molecule has 0 amide bonds. The Bertz CT molecular complexity index is 572. The van der Waals surface area contributed by atoms with Gasteiger partial charge in [-0.15, -0.1) is 0 Å². The molecule has 1 aromatic rings. The zero-order valence-electron chi connectivity index (χ0n) is 12.1. The van der Waals surface area contributed by atoms with Gasteiger partial charge in [0, 0.05) is 13.1 Å². The lowest BCUT2D eigenvalue weighted by Gasteiger charge is -2.41. The van der Waals surface area contributed by atoms with Crippen molar-refractivity contribution in [3.63, 3.8) is 0 Å². The lowest BCUT2D eigenvalue weighted by atomic mass is 9.81. The van der Waals surface area contributed by atoms with E-state index >= 15 is 0 Å². The summed E-state index contributed by atoms with van der Waals surface area (Å²) in [5.74, 6) is 1.16. The van der Waals surface area contributed by atoms with E-state index in [0.717, 1.165) is 36.4 Å². The predicted molar refractivity (Wildman–Crippen MR) is 76.6 cm³/mol. The fourth-order valence-corrected chi connectivity index (χ4v) is 3.25. The lowest BCUT2D eigenvalue weighted by molar-refractivity contribution is 0.132. The standard InChI is InChI=1S/C16H21NO2/c1-10-7-13(18)15-11-9-17(4)6-5-12(11)16(2,3)19-14(15)8-10/h7-8,18H,5-6,9H2,1-4H3. The summed E-state index contributed by atoms with van der Waals surface area (Å²) in [4.78, 5) is 2.29. The van der Waals surface area contributed by atoms with Gasteiger partial charge in [-0.05, 0) is 63.1 Å². The summed E-state index contributed by atoms with van der Waals surface area (Å²) in [6.45, 7) is 8.15. The van der Waals surface area contributed by atoms with Crippen LogP contribution in [0.25, 0.3) is 5.57 Å². The smallest absolute Gasteiger partial charge is 0.132 e. The van der Waals surface area contributed by atoms with Crippen LogP contribution in [0.5, 0.6) is 11.5 Å². The van der Waals surface area contributed by atoms with Crippen molar-refractivity contribution in [2.45, 2.75) is 32.8 Å². The molecule has 1 aromatic carbocycles. The minimum absolute atomic E-state index is 0.274. The van der Waals surface area contributed by atoms with E-state index in [1.54, 1.807) is 0 Å². The Morgan fingerprint density at radius 3 is 2.79 bits per heavy atom. The molecule has 0 saturated carbocycles. The van der Waals surface area contributed by atoms with Crippen LogP contribution in [0.1, 0.15) is 31.4 Å². The number of ether oxygens (including phenoxy) is 1. The highest BCUT2D eigenvalue weighted by Gasteiger charge is 2.38. The van der Waals surface area contributed by atoms with Crippen molar-refractivity contribution in [1.82, 2.24) is 4.90 Å². The third-order valence-electron chi connectivity index (χ3n) is 4.16. The maximum absolute atomic E-state index is 10.3. The van der Waals surface area contributed by atoms with Gasteiger partial charge in [0.25, 0.3) is 0 Å². The molecule has 3 nitrogen and oxygen atoms in total. The van der Waals surface area contributed by atoms with Crippen LogP contribution in [-0.2, 0) is 0 Å². The number of fused-ring (bicyclic) bond motifs is 2. The molecule has 0 fully saturated rings. The van der Waals surface area contributed by atoms with Crippen molar-refractivity contribution >= 4 is 5.57 Å². The number of hydrogen-bond donors (Lipinski definition) is 1. The zero-order chi connectivity index (χ0) is 13.8. The van der Waals surface area contributed by atoms with Gasteiger partial charge in [0.05, 0.1) is 5.56 Å². The first kappa shape index (κ1) is 12.5. The number of phenols is 1. The molecule has 0 aromatic heterocycles. The Labute approximate surface area is 114 Å². The molecule has 0 radical (unpaired) electrons. The van der Waals surface area contributed by atoms with Crippen LogP contribution in [-0.4, -0.2) is 35.7 Å². The Morgan fingerprint density at radius 2 is 2.05 bits per heavy atom. The molecular formula is C16H21NO2. The van der Waals surface area contributed by atoms with E-state index in [2.05, 4.69) is 25.8 Å². The molecule has 0 saturated heterocycles. The first-order valence-electron chi connectivity index (χ1n) is 6.82. The molecule has 1 N–H and O–H groups in total. The molecule has 0 unspecified atom stereocenters. The SMILES string of the molecule is Cc1cc(O)c2c(c1)OC(C)(C)C1=C2CN(C)CC1. The van der Waals surface area contributed by atoms with Crippen molar-refractivity contribution in [1.29, 1.82) is 0 Å². The number of hydrogen-bond acceptors (Lipinski definition) is 3. The van der Waals surface area contributed by atoms with Gasteiger partial charge in [0.15, 0.2) is 0 Å². The Balaban J connectivity index is 2.24. The molecule has 0 aliphatic carbocycles. The van der Waals surface area contributed by atoms with Crippen molar-refractivity contribution in [3.8, 4) is 11.5 Å². The summed E-state index contributed by atoms with van der Waals surface area (Å²) in [5, 5.41) is 10.3. The predicted octanol–water partition coefficient (Wildman–Crippen LogP) is 2.96. The van der Waals surface area contributed by atoms with Gasteiger partial charge in [0.1, 0.15) is 17.1 Å². The third kappa shape index (κ3) is 1.93. The van der Waals surface area contributed by atoms with Gasteiger partial charge in [-0.1, -0.05) is 0 Å². The minimum atomic E-state index is -0.274. The molecule has 2 aliphatic heterocycles. The van der Waals surface area contributed by atoms with Crippen LogP contribution < -0.4 is 4.74 Å². The van der Waals surface area contributed by atoms with Crippen LogP contribution in [0.15, 0.2) is 17.7 Å². The Morgan fingerprint density at radius 1 is 1.32 bits per heavy atom. The monoisotopic (exact) mass is 259 g/mol. The largest absolute Gasteiger partial charge is 0.507 e. The number of aromatic hydroxyl groups is 1. The van der Waals surface area contributed by atoms with Crippen molar-refractivity contribution < 1.29 is 9.84 Å². The topological polar surface area (TPSA) is 32.7 Å². The summed E-state index contributed by atoms with van der Waals surface area (Å²) in [5.41, 5.74) is 4.23. The molecule has 19 heavy (non-hydrogen) atoms. The highest BCUT2D eigenvalue weighted by Crippen LogP contribution is 2.47. The van der Waals surface area contributed by atoms with Gasteiger partial charge in [-0.3, -0.25) is 0 Å². The molecule has 3 heteroatoms. The number of rotatable bonds is 0. The normalized spacial score (nSPS) is 21.7. The average molecular weight is 259 g/mol. The van der Waals surface area contributed by atoms with E-state index < -0.39 is 0 Å². The van der Waals surface area contributed by atoms with Gasteiger partial charge < -0.3 is 14.7 Å². The van der Waals surface area contributed by atoms with Crippen LogP contribution in [0.3, 0.4) is 0 Å². The number of nitrogens with zero attached hydrogens (tertiary/aromatic N) is 1. The van der Waals surface area contributed by atoms with Gasteiger partial charge >= 0.3 is 0 Å². The van der Waals surface area contributed by atoms with Crippen LogP contribution in [0.2, 0.25) is 0 Å². The van der Waals surface area contributed by atoms with Crippen LogP contribution in [0.4, 0.5) is 0 Å². The summed E-state index contributed by atoms with van der Waals surface area (Å²) in [7, 11) is 2.12. The molecule has 102 valence electrons. The Kier molecular flexibility index (Phi) is 2.65. The summed E-state index contributed by atoms with van der Waals surface area (Å²) >= 11 is 0. The summed E-state index contributed by atoms with van der Waals surface area (Å²) < 4.78 is 6.15. The van der Waals surface area contributed by atoms with Crippen molar-refractivity contribution in [2.75, 3.05) is 20.1 Å². The molecule has 0 atom stereocenters. The van der Waals surface area contributed by atoms with Crippen molar-refractivity contribution in [2.24, 2.45) is 0 Å². The average Bonchev–Trinajstić information content (AvgIpc) is 2.25. The number of aryl methyl sites for hydroxylation is 1. The third-order valence-corrected chi connectivity index (χ3v) is 4.16. The maximum atomic E-state index is 10.3. The second-order valence-corrected chi connectivity index (χ2v) is 6.21. The highest BCUT2D eigenvalue weighted by atomic mass is 16.5. The second-order valence-electron chi connectivity index (χ2n) is 6.21. The quantitative estimate of drug-likeness (QED) is 0.777. The molecule has 2 aliphatic rings. The van der Waals surface area contributed by atoms with Gasteiger partial charge in [-0.25, -0.2) is 0 Å². The number of benzene rings is 1.